The summed E-state index contributed by atoms with van der Waals surface area (Å²) in [5.41, 5.74) is 0. The molecule has 1 saturated carbocycles. The van der Waals surface area contributed by atoms with Gasteiger partial charge in [0, 0.05) is 13.2 Å². The number of ether oxygens (including phenoxy) is 1. The maximum atomic E-state index is 9.06. The van der Waals surface area contributed by atoms with Crippen LogP contribution in [-0.2, 0) is 4.74 Å². The summed E-state index contributed by atoms with van der Waals surface area (Å²) in [6, 6.07) is 0. The van der Waals surface area contributed by atoms with Gasteiger partial charge in [0.2, 0.25) is 0 Å². The smallest absolute Gasteiger partial charge is 0.0603 e. The third-order valence-corrected chi connectivity index (χ3v) is 3.89. The van der Waals surface area contributed by atoms with Crippen molar-refractivity contribution in [1.29, 1.82) is 0 Å². The molecule has 1 saturated heterocycles. The minimum absolute atomic E-state index is 0.387. The Bertz CT molecular complexity index is 156. The molecule has 0 aromatic heterocycles. The lowest BCUT2D eigenvalue weighted by Crippen LogP contribution is -2.31. The predicted octanol–water partition coefficient (Wildman–Crippen LogP) is 2.35. The Hall–Kier alpha value is -0.0800. The molecule has 0 aromatic carbocycles. The molecule has 1 heterocycles. The van der Waals surface area contributed by atoms with Crippen molar-refractivity contribution in [3.63, 3.8) is 0 Å². The van der Waals surface area contributed by atoms with E-state index in [-0.39, 0.29) is 0 Å². The number of hydrogen-bond acceptors (Lipinski definition) is 2. The molecule has 0 amide bonds. The second-order valence-electron chi connectivity index (χ2n) is 4.87. The Morgan fingerprint density at radius 1 is 1.00 bits per heavy atom. The third-order valence-electron chi connectivity index (χ3n) is 3.89. The van der Waals surface area contributed by atoms with Gasteiger partial charge in [-0.3, -0.25) is 0 Å². The topological polar surface area (TPSA) is 29.5 Å². The largest absolute Gasteiger partial charge is 0.396 e. The summed E-state index contributed by atoms with van der Waals surface area (Å²) in [6.07, 6.45) is 9.39. The van der Waals surface area contributed by atoms with E-state index in [0.717, 1.165) is 12.5 Å². The SMILES string of the molecule is OCC1CCC(C2CCCCO2)CC1. The van der Waals surface area contributed by atoms with Crippen molar-refractivity contribution in [2.75, 3.05) is 13.2 Å². The minimum Gasteiger partial charge on any atom is -0.396 e. The van der Waals surface area contributed by atoms with Crippen molar-refractivity contribution >= 4 is 0 Å². The molecule has 1 atom stereocenters. The zero-order valence-corrected chi connectivity index (χ0v) is 8.95. The molecule has 14 heavy (non-hydrogen) atoms. The molecule has 2 fully saturated rings. The normalized spacial score (nSPS) is 39.6. The summed E-state index contributed by atoms with van der Waals surface area (Å²) in [5, 5.41) is 9.06. The van der Waals surface area contributed by atoms with E-state index in [1.165, 1.54) is 44.9 Å². The van der Waals surface area contributed by atoms with E-state index in [4.69, 9.17) is 9.84 Å². The molecule has 1 aliphatic heterocycles. The monoisotopic (exact) mass is 198 g/mol. The van der Waals surface area contributed by atoms with Crippen molar-refractivity contribution in [2.24, 2.45) is 11.8 Å². The van der Waals surface area contributed by atoms with Gasteiger partial charge in [0.1, 0.15) is 0 Å². The van der Waals surface area contributed by atoms with Gasteiger partial charge in [-0.05, 0) is 56.8 Å². The number of aliphatic hydroxyl groups is 1. The Morgan fingerprint density at radius 2 is 1.79 bits per heavy atom. The summed E-state index contributed by atoms with van der Waals surface area (Å²) in [5.74, 6) is 1.37. The first kappa shape index (κ1) is 10.4. The maximum absolute atomic E-state index is 9.06. The first-order chi connectivity index (χ1) is 6.90. The molecule has 0 spiro atoms. The Labute approximate surface area is 86.6 Å². The quantitative estimate of drug-likeness (QED) is 0.738. The van der Waals surface area contributed by atoms with Gasteiger partial charge in [0.25, 0.3) is 0 Å². The van der Waals surface area contributed by atoms with Gasteiger partial charge in [-0.2, -0.15) is 0 Å². The van der Waals surface area contributed by atoms with Gasteiger partial charge in [0.05, 0.1) is 6.10 Å². The Kier molecular flexibility index (Phi) is 3.82. The molecule has 0 aromatic rings. The number of aliphatic hydroxyl groups excluding tert-OH is 1. The lowest BCUT2D eigenvalue weighted by atomic mass is 9.78. The summed E-state index contributed by atoms with van der Waals surface area (Å²) in [7, 11) is 0. The molecule has 2 nitrogen and oxygen atoms in total. The zero-order chi connectivity index (χ0) is 9.80. The average molecular weight is 198 g/mol. The van der Waals surface area contributed by atoms with Gasteiger partial charge in [-0.25, -0.2) is 0 Å². The highest BCUT2D eigenvalue weighted by Gasteiger charge is 2.28. The molecule has 1 unspecified atom stereocenters. The second-order valence-corrected chi connectivity index (χ2v) is 4.87. The Morgan fingerprint density at radius 3 is 2.36 bits per heavy atom. The van der Waals surface area contributed by atoms with Crippen molar-refractivity contribution in [2.45, 2.75) is 51.0 Å². The summed E-state index contributed by atoms with van der Waals surface area (Å²) >= 11 is 0. The first-order valence-electron chi connectivity index (χ1n) is 6.12. The predicted molar refractivity (Wildman–Crippen MR) is 56.1 cm³/mol. The lowest BCUT2D eigenvalue weighted by Gasteiger charge is -2.35. The highest BCUT2D eigenvalue weighted by molar-refractivity contribution is 4.79. The van der Waals surface area contributed by atoms with Gasteiger partial charge < -0.3 is 9.84 Å². The molecule has 0 bridgehead atoms. The van der Waals surface area contributed by atoms with E-state index < -0.39 is 0 Å². The zero-order valence-electron chi connectivity index (χ0n) is 8.95. The van der Waals surface area contributed by atoms with Crippen LogP contribution < -0.4 is 0 Å². The van der Waals surface area contributed by atoms with Crippen LogP contribution in [0.5, 0.6) is 0 Å². The van der Waals surface area contributed by atoms with Crippen LogP contribution in [0, 0.1) is 11.8 Å². The van der Waals surface area contributed by atoms with Crippen LogP contribution >= 0.6 is 0 Å². The fourth-order valence-electron chi connectivity index (χ4n) is 2.88. The van der Waals surface area contributed by atoms with Crippen LogP contribution in [0.3, 0.4) is 0 Å². The third kappa shape index (κ3) is 2.48. The molecule has 1 N–H and O–H groups in total. The van der Waals surface area contributed by atoms with Crippen LogP contribution in [0.15, 0.2) is 0 Å². The van der Waals surface area contributed by atoms with Gasteiger partial charge in [-0.1, -0.05) is 0 Å². The molecule has 0 radical (unpaired) electrons. The summed E-state index contributed by atoms with van der Waals surface area (Å²) in [4.78, 5) is 0. The Balaban J connectivity index is 1.76. The van der Waals surface area contributed by atoms with Crippen LogP contribution in [0.4, 0.5) is 0 Å². The molecule has 2 rings (SSSR count). The second kappa shape index (κ2) is 5.13. The van der Waals surface area contributed by atoms with Crippen LogP contribution in [0.25, 0.3) is 0 Å². The standard InChI is InChI=1S/C12H22O2/c13-9-10-4-6-11(7-5-10)12-3-1-2-8-14-12/h10-13H,1-9H2. The molecule has 2 heteroatoms. The van der Waals surface area contributed by atoms with E-state index in [2.05, 4.69) is 0 Å². The molecule has 82 valence electrons. The van der Waals surface area contributed by atoms with E-state index in [1.807, 2.05) is 0 Å². The van der Waals surface area contributed by atoms with Crippen molar-refractivity contribution in [3.05, 3.63) is 0 Å². The summed E-state index contributed by atoms with van der Waals surface area (Å²) < 4.78 is 5.82. The first-order valence-corrected chi connectivity index (χ1v) is 6.12. The highest BCUT2D eigenvalue weighted by atomic mass is 16.5. The average Bonchev–Trinajstić information content (AvgIpc) is 2.30. The molecular formula is C12H22O2. The highest BCUT2D eigenvalue weighted by Crippen LogP contribution is 2.34. The van der Waals surface area contributed by atoms with Crippen molar-refractivity contribution < 1.29 is 9.84 Å². The van der Waals surface area contributed by atoms with Crippen LogP contribution in [0.1, 0.15) is 44.9 Å². The van der Waals surface area contributed by atoms with Crippen LogP contribution in [0.2, 0.25) is 0 Å². The number of hydrogen-bond donors (Lipinski definition) is 1. The van der Waals surface area contributed by atoms with E-state index in [9.17, 15) is 0 Å². The maximum Gasteiger partial charge on any atom is 0.0603 e. The summed E-state index contributed by atoms with van der Waals surface area (Å²) in [6.45, 7) is 1.36. The van der Waals surface area contributed by atoms with Crippen LogP contribution in [-0.4, -0.2) is 24.4 Å². The van der Waals surface area contributed by atoms with Gasteiger partial charge in [-0.15, -0.1) is 0 Å². The van der Waals surface area contributed by atoms with E-state index >= 15 is 0 Å². The fourth-order valence-corrected chi connectivity index (χ4v) is 2.88. The number of rotatable bonds is 2. The van der Waals surface area contributed by atoms with E-state index in [0.29, 0.717) is 18.6 Å². The van der Waals surface area contributed by atoms with Crippen molar-refractivity contribution in [3.8, 4) is 0 Å². The van der Waals surface area contributed by atoms with Gasteiger partial charge >= 0.3 is 0 Å². The van der Waals surface area contributed by atoms with Gasteiger partial charge in [0.15, 0.2) is 0 Å². The van der Waals surface area contributed by atoms with Crippen molar-refractivity contribution in [1.82, 2.24) is 0 Å². The van der Waals surface area contributed by atoms with E-state index in [1.54, 1.807) is 0 Å². The molecular weight excluding hydrogens is 176 g/mol. The minimum atomic E-state index is 0.387. The molecule has 2 aliphatic rings. The lowest BCUT2D eigenvalue weighted by molar-refractivity contribution is -0.0361. The molecule has 1 aliphatic carbocycles. The fraction of sp³-hybridized carbons (Fsp3) is 1.00.